The lowest BCUT2D eigenvalue weighted by atomic mass is 10.1. The molecule has 0 saturated heterocycles. The molecule has 1 aliphatic carbocycles. The zero-order valence-electron chi connectivity index (χ0n) is 14.4. The highest BCUT2D eigenvalue weighted by molar-refractivity contribution is 5.77. The van der Waals surface area contributed by atoms with Crippen molar-refractivity contribution in [2.75, 3.05) is 5.73 Å². The van der Waals surface area contributed by atoms with Crippen LogP contribution in [-0.4, -0.2) is 16.8 Å². The van der Waals surface area contributed by atoms with Gasteiger partial charge in [0.1, 0.15) is 0 Å². The van der Waals surface area contributed by atoms with Gasteiger partial charge < -0.3 is 10.6 Å². The van der Waals surface area contributed by atoms with Crippen LogP contribution in [-0.2, 0) is 24.2 Å². The molecule has 24 heavy (non-hydrogen) atoms. The normalized spacial score (nSPS) is 13.7. The second-order valence-electron chi connectivity index (χ2n) is 6.62. The first-order valence-electron chi connectivity index (χ1n) is 8.88. The summed E-state index contributed by atoms with van der Waals surface area (Å²) in [5.41, 5.74) is 10.4. The monoisotopic (exact) mass is 322 g/mol. The molecule has 3 nitrogen and oxygen atoms in total. The van der Waals surface area contributed by atoms with Crippen LogP contribution in [0, 0.1) is 0 Å². The van der Waals surface area contributed by atoms with E-state index in [0.717, 1.165) is 37.1 Å². The fraction of sp³-hybridized carbons (Fsp3) is 0.381. The Morgan fingerprint density at radius 2 is 1.75 bits per heavy atom. The maximum absolute atomic E-state index is 12.7. The van der Waals surface area contributed by atoms with Crippen LogP contribution >= 0.6 is 0 Å². The molecule has 1 aliphatic rings. The molecule has 0 spiro atoms. The maximum atomic E-state index is 12.7. The molecule has 0 radical (unpaired) electrons. The van der Waals surface area contributed by atoms with E-state index in [1.54, 1.807) is 0 Å². The van der Waals surface area contributed by atoms with Crippen LogP contribution in [0.1, 0.15) is 42.9 Å². The number of hydrogen-bond acceptors (Lipinski definition) is 2. The first-order valence-corrected chi connectivity index (χ1v) is 8.88. The summed E-state index contributed by atoms with van der Waals surface area (Å²) in [7, 11) is 0. The van der Waals surface area contributed by atoms with Crippen LogP contribution in [0.15, 0.2) is 48.5 Å². The molecular weight excluding hydrogens is 296 g/mol. The van der Waals surface area contributed by atoms with Crippen molar-refractivity contribution in [2.45, 2.75) is 51.6 Å². The molecule has 1 amide bonds. The topological polar surface area (TPSA) is 46.3 Å². The number of carbonyl (C=O) groups is 1. The van der Waals surface area contributed by atoms with E-state index >= 15 is 0 Å². The second-order valence-corrected chi connectivity index (χ2v) is 6.62. The minimum absolute atomic E-state index is 0.236. The molecule has 2 aromatic rings. The molecule has 0 aliphatic heterocycles. The quantitative estimate of drug-likeness (QED) is 0.784. The van der Waals surface area contributed by atoms with Gasteiger partial charge in [0, 0.05) is 24.7 Å². The molecule has 0 unspecified atom stereocenters. The highest BCUT2D eigenvalue weighted by atomic mass is 16.2. The number of hydrogen-bond donors (Lipinski definition) is 1. The van der Waals surface area contributed by atoms with Crippen molar-refractivity contribution in [2.24, 2.45) is 0 Å². The van der Waals surface area contributed by atoms with E-state index in [1.165, 1.54) is 11.1 Å². The number of benzene rings is 2. The van der Waals surface area contributed by atoms with Crippen LogP contribution in [0.5, 0.6) is 0 Å². The van der Waals surface area contributed by atoms with E-state index in [9.17, 15) is 4.79 Å². The Balaban J connectivity index is 1.62. The first-order chi connectivity index (χ1) is 11.7. The van der Waals surface area contributed by atoms with Gasteiger partial charge in [-0.05, 0) is 48.4 Å². The lowest BCUT2D eigenvalue weighted by molar-refractivity contribution is -0.132. The summed E-state index contributed by atoms with van der Waals surface area (Å²) in [5.74, 6) is 0.236. The predicted molar refractivity (Wildman–Crippen MR) is 98.6 cm³/mol. The number of nitrogens with zero attached hydrogens (tertiary/aromatic N) is 1. The van der Waals surface area contributed by atoms with Crippen molar-refractivity contribution in [1.82, 2.24) is 4.90 Å². The van der Waals surface area contributed by atoms with Crippen molar-refractivity contribution in [3.05, 3.63) is 65.2 Å². The third-order valence-electron chi connectivity index (χ3n) is 4.76. The summed E-state index contributed by atoms with van der Waals surface area (Å²) in [5, 5.41) is 0. The zero-order chi connectivity index (χ0) is 16.9. The van der Waals surface area contributed by atoms with E-state index in [4.69, 9.17) is 5.73 Å². The van der Waals surface area contributed by atoms with Gasteiger partial charge in [0.05, 0.1) is 0 Å². The van der Waals surface area contributed by atoms with Crippen molar-refractivity contribution >= 4 is 11.6 Å². The summed E-state index contributed by atoms with van der Waals surface area (Å²) < 4.78 is 0. The van der Waals surface area contributed by atoms with Gasteiger partial charge in [0.15, 0.2) is 0 Å². The molecule has 0 aromatic heterocycles. The van der Waals surface area contributed by atoms with Crippen LogP contribution in [0.4, 0.5) is 5.69 Å². The Morgan fingerprint density at radius 1 is 1.08 bits per heavy atom. The molecule has 2 aromatic carbocycles. The standard InChI is InChI=1S/C21H26N2O/c1-2-16-7-9-17(10-8-16)15-23(19-12-13-19)21(24)14-11-18-5-3-4-6-20(18)22/h3-10,19H,2,11-15,22H2,1H3. The van der Waals surface area contributed by atoms with Gasteiger partial charge in [0.2, 0.25) is 5.91 Å². The highest BCUT2D eigenvalue weighted by Crippen LogP contribution is 2.29. The molecule has 3 heteroatoms. The minimum atomic E-state index is 0.236. The minimum Gasteiger partial charge on any atom is -0.399 e. The SMILES string of the molecule is CCc1ccc(CN(C(=O)CCc2ccccc2N)C2CC2)cc1. The van der Waals surface area contributed by atoms with Gasteiger partial charge in [-0.25, -0.2) is 0 Å². The van der Waals surface area contributed by atoms with Crippen molar-refractivity contribution in [1.29, 1.82) is 0 Å². The molecule has 126 valence electrons. The van der Waals surface area contributed by atoms with Gasteiger partial charge in [-0.1, -0.05) is 49.4 Å². The fourth-order valence-corrected chi connectivity index (χ4v) is 3.03. The van der Waals surface area contributed by atoms with Crippen LogP contribution in [0.3, 0.4) is 0 Å². The number of para-hydroxylation sites is 1. The second kappa shape index (κ2) is 7.52. The summed E-state index contributed by atoms with van der Waals surface area (Å²) >= 11 is 0. The average Bonchev–Trinajstić information content (AvgIpc) is 3.44. The number of carbonyl (C=O) groups excluding carboxylic acids is 1. The Hall–Kier alpha value is -2.29. The number of aryl methyl sites for hydroxylation is 2. The Morgan fingerprint density at radius 3 is 2.38 bits per heavy atom. The van der Waals surface area contributed by atoms with Crippen LogP contribution < -0.4 is 5.73 Å². The van der Waals surface area contributed by atoms with E-state index in [2.05, 4.69) is 36.1 Å². The predicted octanol–water partition coefficient (Wildman–Crippen LogP) is 3.96. The third-order valence-corrected chi connectivity index (χ3v) is 4.76. The number of rotatable bonds is 7. The van der Waals surface area contributed by atoms with Crippen LogP contribution in [0.25, 0.3) is 0 Å². The number of nitrogen functional groups attached to an aromatic ring is 1. The molecule has 2 N–H and O–H groups in total. The van der Waals surface area contributed by atoms with E-state index < -0.39 is 0 Å². The summed E-state index contributed by atoms with van der Waals surface area (Å²) in [6, 6.07) is 16.9. The number of nitrogens with two attached hydrogens (primary N) is 1. The van der Waals surface area contributed by atoms with Gasteiger partial charge in [-0.15, -0.1) is 0 Å². The molecule has 1 saturated carbocycles. The van der Waals surface area contributed by atoms with E-state index in [1.807, 2.05) is 24.3 Å². The Labute approximate surface area is 144 Å². The van der Waals surface area contributed by atoms with E-state index in [-0.39, 0.29) is 5.91 Å². The average molecular weight is 322 g/mol. The van der Waals surface area contributed by atoms with E-state index in [0.29, 0.717) is 18.9 Å². The largest absolute Gasteiger partial charge is 0.399 e. The summed E-state index contributed by atoms with van der Waals surface area (Å²) in [6.07, 6.45) is 4.55. The maximum Gasteiger partial charge on any atom is 0.223 e. The molecule has 1 fully saturated rings. The molecule has 0 atom stereocenters. The van der Waals surface area contributed by atoms with Gasteiger partial charge in [-0.3, -0.25) is 4.79 Å². The Kier molecular flexibility index (Phi) is 5.19. The van der Waals surface area contributed by atoms with Gasteiger partial charge in [0.25, 0.3) is 0 Å². The first kappa shape index (κ1) is 16.6. The lowest BCUT2D eigenvalue weighted by Gasteiger charge is -2.23. The summed E-state index contributed by atoms with van der Waals surface area (Å²) in [4.78, 5) is 14.8. The molecular formula is C21H26N2O. The number of anilines is 1. The molecule has 0 bridgehead atoms. The lowest BCUT2D eigenvalue weighted by Crippen LogP contribution is -2.32. The molecule has 3 rings (SSSR count). The fourth-order valence-electron chi connectivity index (χ4n) is 3.03. The van der Waals surface area contributed by atoms with Gasteiger partial charge >= 0.3 is 0 Å². The third kappa shape index (κ3) is 4.16. The van der Waals surface area contributed by atoms with Crippen molar-refractivity contribution in [3.63, 3.8) is 0 Å². The molecule has 0 heterocycles. The highest BCUT2D eigenvalue weighted by Gasteiger charge is 2.32. The van der Waals surface area contributed by atoms with Crippen LogP contribution in [0.2, 0.25) is 0 Å². The smallest absolute Gasteiger partial charge is 0.223 e. The Bertz CT molecular complexity index is 689. The van der Waals surface area contributed by atoms with Crippen molar-refractivity contribution < 1.29 is 4.79 Å². The number of amides is 1. The zero-order valence-corrected chi connectivity index (χ0v) is 14.4. The van der Waals surface area contributed by atoms with Gasteiger partial charge in [-0.2, -0.15) is 0 Å². The van der Waals surface area contributed by atoms with Crippen molar-refractivity contribution in [3.8, 4) is 0 Å². The summed E-state index contributed by atoms with van der Waals surface area (Å²) in [6.45, 7) is 2.88.